The molecule has 0 spiro atoms. The summed E-state index contributed by atoms with van der Waals surface area (Å²) in [7, 11) is 3.69. The lowest BCUT2D eigenvalue weighted by Gasteiger charge is -2.35. The Kier molecular flexibility index (Phi) is 11.1. The number of amides is 1. The van der Waals surface area contributed by atoms with E-state index in [-0.39, 0.29) is 15.4 Å². The van der Waals surface area contributed by atoms with Crippen LogP contribution in [-0.2, 0) is 4.74 Å². The molecule has 2 aromatic carbocycles. The molecule has 184 valence electrons. The van der Waals surface area contributed by atoms with E-state index in [4.69, 9.17) is 4.74 Å². The van der Waals surface area contributed by atoms with Crippen molar-refractivity contribution in [3.8, 4) is 0 Å². The molecular weight excluding hydrogens is 535 g/mol. The molecular formula is C29H39IN2O2. The Bertz CT molecular complexity index is 923. The number of ether oxygens (including phenoxy) is 1. The van der Waals surface area contributed by atoms with Gasteiger partial charge in [-0.2, -0.15) is 0 Å². The van der Waals surface area contributed by atoms with Gasteiger partial charge in [0.1, 0.15) is 0 Å². The summed E-state index contributed by atoms with van der Waals surface area (Å²) in [5.74, 6) is 0.00436. The lowest BCUT2D eigenvalue weighted by Crippen LogP contribution is -2.45. The van der Waals surface area contributed by atoms with Gasteiger partial charge >= 0.3 is 0 Å². The smallest absolute Gasteiger partial charge is 0.251 e. The summed E-state index contributed by atoms with van der Waals surface area (Å²) in [6.45, 7) is 1.52. The van der Waals surface area contributed by atoms with E-state index in [1.807, 2.05) is 31.3 Å². The van der Waals surface area contributed by atoms with Gasteiger partial charge in [0.25, 0.3) is 5.91 Å². The number of hydrogen-bond acceptors (Lipinski definition) is 3. The van der Waals surface area contributed by atoms with Crippen LogP contribution in [0, 0.1) is 0 Å². The first-order valence-corrected chi connectivity index (χ1v) is 13.6. The summed E-state index contributed by atoms with van der Waals surface area (Å²) in [5.41, 5.74) is 4.10. The molecule has 0 heterocycles. The van der Waals surface area contributed by atoms with E-state index in [9.17, 15) is 4.79 Å². The molecule has 1 atom stereocenters. The van der Waals surface area contributed by atoms with Gasteiger partial charge in [0.2, 0.25) is 0 Å². The first kappa shape index (κ1) is 26.9. The van der Waals surface area contributed by atoms with Gasteiger partial charge in [-0.25, -0.2) is 0 Å². The second kappa shape index (κ2) is 14.0. The second-order valence-corrected chi connectivity index (χ2v) is 11.6. The first-order chi connectivity index (χ1) is 16.5. The van der Waals surface area contributed by atoms with Crippen molar-refractivity contribution >= 4 is 34.1 Å². The molecule has 1 aliphatic carbocycles. The monoisotopic (exact) mass is 574 g/mol. The number of alkyl halides is 1. The van der Waals surface area contributed by atoms with Gasteiger partial charge < -0.3 is 15.4 Å². The average Bonchev–Trinajstić information content (AvgIpc) is 2.85. The van der Waals surface area contributed by atoms with E-state index in [0.717, 1.165) is 49.1 Å². The van der Waals surface area contributed by atoms with Crippen LogP contribution in [0.2, 0.25) is 0 Å². The number of methoxy groups -OCH3 is 1. The Balaban J connectivity index is 1.77. The van der Waals surface area contributed by atoms with Gasteiger partial charge in [-0.15, -0.1) is 0 Å². The molecule has 3 rings (SSSR count). The summed E-state index contributed by atoms with van der Waals surface area (Å²) >= 11 is 2.65. The van der Waals surface area contributed by atoms with Crippen molar-refractivity contribution in [3.63, 3.8) is 0 Å². The van der Waals surface area contributed by atoms with Crippen LogP contribution in [0.1, 0.15) is 72.9 Å². The number of carbonyl (C=O) groups excluding carboxylic acids is 1. The predicted octanol–water partition coefficient (Wildman–Crippen LogP) is 6.39. The van der Waals surface area contributed by atoms with E-state index in [1.54, 1.807) is 7.11 Å². The quantitative estimate of drug-likeness (QED) is 0.176. The van der Waals surface area contributed by atoms with E-state index < -0.39 is 0 Å². The Morgan fingerprint density at radius 2 is 1.76 bits per heavy atom. The minimum atomic E-state index is 0.00436. The maximum atomic E-state index is 13.3. The number of unbranched alkanes of at least 4 members (excludes halogenated alkanes) is 1. The lowest BCUT2D eigenvalue weighted by molar-refractivity contribution is 0.0931. The van der Waals surface area contributed by atoms with Crippen molar-refractivity contribution in [1.29, 1.82) is 0 Å². The third kappa shape index (κ3) is 8.21. The van der Waals surface area contributed by atoms with Gasteiger partial charge in [-0.3, -0.25) is 4.79 Å². The zero-order chi connectivity index (χ0) is 24.2. The molecule has 1 saturated carbocycles. The molecule has 1 fully saturated rings. The van der Waals surface area contributed by atoms with E-state index in [0.29, 0.717) is 5.56 Å². The zero-order valence-corrected chi connectivity index (χ0v) is 22.8. The van der Waals surface area contributed by atoms with Crippen molar-refractivity contribution < 1.29 is 9.53 Å². The van der Waals surface area contributed by atoms with Crippen LogP contribution in [0.4, 0.5) is 0 Å². The third-order valence-electron chi connectivity index (χ3n) is 6.57. The highest BCUT2D eigenvalue weighted by atomic mass is 127. The fourth-order valence-corrected chi connectivity index (χ4v) is 6.14. The molecule has 5 heteroatoms. The van der Waals surface area contributed by atoms with Gasteiger partial charge in [0, 0.05) is 35.3 Å². The molecule has 1 unspecified atom stereocenters. The number of benzene rings is 2. The van der Waals surface area contributed by atoms with E-state index in [1.165, 1.54) is 32.1 Å². The molecule has 0 saturated heterocycles. The number of carbonyl (C=O) groups is 1. The van der Waals surface area contributed by atoms with Crippen molar-refractivity contribution in [2.24, 2.45) is 0 Å². The Morgan fingerprint density at radius 3 is 2.47 bits per heavy atom. The number of rotatable bonds is 12. The fourth-order valence-electron chi connectivity index (χ4n) is 4.84. The highest BCUT2D eigenvalue weighted by Crippen LogP contribution is 2.40. The summed E-state index contributed by atoms with van der Waals surface area (Å²) in [6.07, 6.45) is 11.6. The molecule has 1 amide bonds. The number of allylic oxidation sites excluding steroid dienone is 1. The lowest BCUT2D eigenvalue weighted by atomic mass is 9.84. The highest BCUT2D eigenvalue weighted by Gasteiger charge is 2.32. The molecule has 1 aliphatic rings. The first-order valence-electron chi connectivity index (χ1n) is 12.5. The molecule has 34 heavy (non-hydrogen) atoms. The minimum Gasteiger partial charge on any atom is -0.385 e. The molecule has 2 N–H and O–H groups in total. The number of likely N-dealkylation sites (N-methyl/N-ethyl adjacent to an activating group) is 1. The molecule has 0 aliphatic heterocycles. The van der Waals surface area contributed by atoms with Crippen LogP contribution >= 0.6 is 22.6 Å². The van der Waals surface area contributed by atoms with Crippen molar-refractivity contribution in [2.75, 3.05) is 27.3 Å². The van der Waals surface area contributed by atoms with Crippen LogP contribution in [0.25, 0.3) is 5.57 Å². The number of halogens is 1. The molecule has 4 nitrogen and oxygen atoms in total. The Hall–Kier alpha value is -1.70. The molecule has 0 aromatic heterocycles. The van der Waals surface area contributed by atoms with Crippen LogP contribution in [0.5, 0.6) is 0 Å². The van der Waals surface area contributed by atoms with Crippen LogP contribution < -0.4 is 10.6 Å². The maximum absolute atomic E-state index is 13.3. The highest BCUT2D eigenvalue weighted by molar-refractivity contribution is 14.1. The van der Waals surface area contributed by atoms with Gasteiger partial charge in [-0.05, 0) is 68.0 Å². The summed E-state index contributed by atoms with van der Waals surface area (Å²) < 4.78 is 5.51. The molecule has 0 radical (unpaired) electrons. The number of hydrogen-bond donors (Lipinski definition) is 2. The second-order valence-electron chi connectivity index (χ2n) is 9.34. The normalized spacial score (nSPS) is 16.7. The largest absolute Gasteiger partial charge is 0.385 e. The van der Waals surface area contributed by atoms with Crippen molar-refractivity contribution in [3.05, 3.63) is 77.4 Å². The van der Waals surface area contributed by atoms with Crippen LogP contribution in [0.15, 0.2) is 60.7 Å². The van der Waals surface area contributed by atoms with Crippen LogP contribution in [-0.4, -0.2) is 42.7 Å². The summed E-state index contributed by atoms with van der Waals surface area (Å²) in [4.78, 5) is 13.3. The predicted molar refractivity (Wildman–Crippen MR) is 151 cm³/mol. The third-order valence-corrected chi connectivity index (χ3v) is 8.09. The Morgan fingerprint density at radius 1 is 1.06 bits per heavy atom. The van der Waals surface area contributed by atoms with Crippen molar-refractivity contribution in [1.82, 2.24) is 10.6 Å². The molecule has 0 bridgehead atoms. The van der Waals surface area contributed by atoms with E-state index in [2.05, 4.69) is 69.6 Å². The minimum absolute atomic E-state index is 0.00436. The van der Waals surface area contributed by atoms with Gasteiger partial charge in [0.05, 0.1) is 0 Å². The summed E-state index contributed by atoms with van der Waals surface area (Å²) in [6, 6.07) is 18.6. The fraction of sp³-hybridized carbons (Fsp3) is 0.483. The standard InChI is InChI=1S/C29H39IN2O2/c1-31-22-26(21-29(30)17-8-4-9-18-29)32-28(33)25-15-11-14-24(20-25)27(16-7-10-19-34-2)23-12-5-3-6-13-23/h3,5-6,11-16,20,26,31H,4,7-10,17-19,21-22H2,1-2H3,(H,32,33). The summed E-state index contributed by atoms with van der Waals surface area (Å²) in [5, 5.41) is 6.61. The van der Waals surface area contributed by atoms with Gasteiger partial charge in [-0.1, -0.05) is 90.4 Å². The topological polar surface area (TPSA) is 50.4 Å². The van der Waals surface area contributed by atoms with Gasteiger partial charge in [0.15, 0.2) is 0 Å². The number of nitrogens with one attached hydrogen (secondary N) is 2. The molecule has 2 aromatic rings. The maximum Gasteiger partial charge on any atom is 0.251 e. The van der Waals surface area contributed by atoms with E-state index >= 15 is 0 Å². The Labute approximate surface area is 219 Å². The SMILES string of the molecule is CNCC(CC1(I)CCCCC1)NC(=O)c1cccc(C(=CCCCOC)c2ccccc2)c1. The van der Waals surface area contributed by atoms with Crippen LogP contribution in [0.3, 0.4) is 0 Å². The average molecular weight is 575 g/mol. The van der Waals surface area contributed by atoms with Crippen molar-refractivity contribution in [2.45, 2.75) is 60.8 Å². The zero-order valence-electron chi connectivity index (χ0n) is 20.6.